The Bertz CT molecular complexity index is 764. The maximum atomic E-state index is 12.3. The van der Waals surface area contributed by atoms with Gasteiger partial charge in [0.25, 0.3) is 0 Å². The van der Waals surface area contributed by atoms with E-state index in [1.54, 1.807) is 18.2 Å². The normalized spacial score (nSPS) is 16.9. The fourth-order valence-corrected chi connectivity index (χ4v) is 3.95. The number of quaternary nitrogens is 1. The Hall–Kier alpha value is -2.04. The van der Waals surface area contributed by atoms with E-state index >= 15 is 0 Å². The Morgan fingerprint density at radius 2 is 1.96 bits per heavy atom. The molecule has 150 valence electrons. The first-order valence-electron chi connectivity index (χ1n) is 8.99. The second-order valence-corrected chi connectivity index (χ2v) is 8.53. The highest BCUT2D eigenvalue weighted by Crippen LogP contribution is 2.35. The van der Waals surface area contributed by atoms with Gasteiger partial charge in [-0.25, -0.2) is 8.42 Å². The van der Waals surface area contributed by atoms with Gasteiger partial charge in [-0.3, -0.25) is 9.10 Å². The van der Waals surface area contributed by atoms with Crippen molar-refractivity contribution in [3.05, 3.63) is 18.2 Å². The number of amides is 1. The third-order valence-electron chi connectivity index (χ3n) is 4.56. The Balaban J connectivity index is 1.52. The maximum Gasteiger partial charge on any atom is 0.240 e. The summed E-state index contributed by atoms with van der Waals surface area (Å²) in [5.41, 5.74) is 0.370. The fourth-order valence-electron chi connectivity index (χ4n) is 3.10. The van der Waals surface area contributed by atoms with Crippen LogP contribution in [0.4, 0.5) is 5.69 Å². The summed E-state index contributed by atoms with van der Waals surface area (Å²) in [7, 11) is -3.62. The summed E-state index contributed by atoms with van der Waals surface area (Å²) in [5, 5.41) is 2.80. The van der Waals surface area contributed by atoms with Crippen molar-refractivity contribution in [3.8, 4) is 11.5 Å². The van der Waals surface area contributed by atoms with E-state index in [0.29, 0.717) is 23.7 Å². The van der Waals surface area contributed by atoms with Crippen LogP contribution in [0.1, 0.15) is 6.42 Å². The number of carbonyl (C=O) groups is 1. The lowest BCUT2D eigenvalue weighted by molar-refractivity contribution is -0.908. The first-order valence-corrected chi connectivity index (χ1v) is 10.8. The molecule has 0 atom stereocenters. The van der Waals surface area contributed by atoms with Crippen molar-refractivity contribution in [3.63, 3.8) is 0 Å². The highest BCUT2D eigenvalue weighted by atomic mass is 32.2. The molecular formula is C17H26N3O6S+. The third-order valence-corrected chi connectivity index (χ3v) is 5.70. The van der Waals surface area contributed by atoms with Gasteiger partial charge in [0.2, 0.25) is 22.7 Å². The van der Waals surface area contributed by atoms with E-state index in [0.717, 1.165) is 49.8 Å². The van der Waals surface area contributed by atoms with Crippen LogP contribution in [0.15, 0.2) is 18.2 Å². The van der Waals surface area contributed by atoms with Crippen molar-refractivity contribution in [2.45, 2.75) is 6.42 Å². The number of nitrogens with one attached hydrogen (secondary N) is 2. The molecule has 1 fully saturated rings. The van der Waals surface area contributed by atoms with Crippen molar-refractivity contribution >= 4 is 21.6 Å². The molecule has 2 N–H and O–H groups in total. The molecule has 2 aliphatic rings. The molecule has 1 aromatic carbocycles. The van der Waals surface area contributed by atoms with Crippen molar-refractivity contribution in [2.75, 3.05) is 63.3 Å². The lowest BCUT2D eigenvalue weighted by Crippen LogP contribution is -3.14. The van der Waals surface area contributed by atoms with Gasteiger partial charge in [-0.15, -0.1) is 0 Å². The van der Waals surface area contributed by atoms with Gasteiger partial charge in [-0.1, -0.05) is 0 Å². The average Bonchev–Trinajstić information content (AvgIpc) is 3.11. The molecular weight excluding hydrogens is 374 g/mol. The predicted molar refractivity (Wildman–Crippen MR) is 98.8 cm³/mol. The highest BCUT2D eigenvalue weighted by molar-refractivity contribution is 7.92. The van der Waals surface area contributed by atoms with Crippen LogP contribution in [0.3, 0.4) is 0 Å². The van der Waals surface area contributed by atoms with Crippen LogP contribution in [-0.4, -0.2) is 73.3 Å². The number of carbonyl (C=O) groups excluding carboxylic acids is 1. The third kappa shape index (κ3) is 5.47. The Labute approximate surface area is 159 Å². The van der Waals surface area contributed by atoms with Crippen LogP contribution in [0.2, 0.25) is 0 Å². The average molecular weight is 400 g/mol. The van der Waals surface area contributed by atoms with Gasteiger partial charge < -0.3 is 24.4 Å². The minimum atomic E-state index is -3.62. The molecule has 0 saturated carbocycles. The predicted octanol–water partition coefficient (Wildman–Crippen LogP) is -1.40. The van der Waals surface area contributed by atoms with Crippen LogP contribution >= 0.6 is 0 Å². The Kier molecular flexibility index (Phi) is 6.40. The van der Waals surface area contributed by atoms with E-state index in [9.17, 15) is 13.2 Å². The molecule has 27 heavy (non-hydrogen) atoms. The van der Waals surface area contributed by atoms with Crippen LogP contribution in [0.5, 0.6) is 11.5 Å². The summed E-state index contributed by atoms with van der Waals surface area (Å²) >= 11 is 0. The molecule has 2 heterocycles. The van der Waals surface area contributed by atoms with Gasteiger partial charge >= 0.3 is 0 Å². The van der Waals surface area contributed by atoms with E-state index in [4.69, 9.17) is 14.2 Å². The molecule has 0 radical (unpaired) electrons. The molecule has 10 heteroatoms. The molecule has 9 nitrogen and oxygen atoms in total. The van der Waals surface area contributed by atoms with E-state index in [2.05, 4.69) is 5.32 Å². The Morgan fingerprint density at radius 1 is 1.22 bits per heavy atom. The topological polar surface area (TPSA) is 98.6 Å². The summed E-state index contributed by atoms with van der Waals surface area (Å²) < 4.78 is 41.2. The van der Waals surface area contributed by atoms with E-state index in [1.807, 2.05) is 0 Å². The van der Waals surface area contributed by atoms with E-state index < -0.39 is 10.0 Å². The second-order valence-electron chi connectivity index (χ2n) is 6.62. The van der Waals surface area contributed by atoms with Crippen LogP contribution in [0, 0.1) is 0 Å². The molecule has 3 rings (SSSR count). The standard InChI is InChI=1S/C17H25N3O6S/c1-27(22,23)20(14-3-4-15-16(11-14)26-13-25-15)12-17(21)18-5-2-6-19-7-9-24-10-8-19/h3-4,11H,2,5-10,12-13H2,1H3,(H,18,21)/p+1. The quantitative estimate of drug-likeness (QED) is 0.521. The fraction of sp³-hybridized carbons (Fsp3) is 0.588. The van der Waals surface area contributed by atoms with E-state index in [1.165, 1.54) is 4.90 Å². The van der Waals surface area contributed by atoms with Crippen molar-refractivity contribution in [1.82, 2.24) is 5.32 Å². The first kappa shape index (κ1) is 19.7. The molecule has 1 aromatic rings. The lowest BCUT2D eigenvalue weighted by atomic mass is 10.2. The molecule has 0 spiro atoms. The number of nitrogens with zero attached hydrogens (tertiary/aromatic N) is 1. The van der Waals surface area contributed by atoms with Gasteiger partial charge in [0.15, 0.2) is 11.5 Å². The first-order chi connectivity index (χ1) is 12.9. The van der Waals surface area contributed by atoms with Crippen LogP contribution < -0.4 is 24.0 Å². The summed E-state index contributed by atoms with van der Waals surface area (Å²) in [5.74, 6) is 0.687. The van der Waals surface area contributed by atoms with Crippen molar-refractivity contribution in [1.29, 1.82) is 0 Å². The van der Waals surface area contributed by atoms with Crippen LogP contribution in [-0.2, 0) is 19.6 Å². The zero-order valence-corrected chi connectivity index (χ0v) is 16.2. The second kappa shape index (κ2) is 8.77. The van der Waals surface area contributed by atoms with Gasteiger partial charge in [0, 0.05) is 19.0 Å². The highest BCUT2D eigenvalue weighted by Gasteiger charge is 2.23. The minimum absolute atomic E-state index is 0.100. The van der Waals surface area contributed by atoms with Gasteiger partial charge in [-0.05, 0) is 12.1 Å². The van der Waals surface area contributed by atoms with Crippen molar-refractivity contribution < 1.29 is 32.3 Å². The van der Waals surface area contributed by atoms with Crippen molar-refractivity contribution in [2.24, 2.45) is 0 Å². The van der Waals surface area contributed by atoms with E-state index in [-0.39, 0.29) is 19.2 Å². The van der Waals surface area contributed by atoms with Gasteiger partial charge in [0.1, 0.15) is 19.6 Å². The molecule has 1 amide bonds. The summed E-state index contributed by atoms with van der Waals surface area (Å²) in [6.45, 7) is 4.83. The number of morpholine rings is 1. The maximum absolute atomic E-state index is 12.3. The summed E-state index contributed by atoms with van der Waals surface area (Å²) in [6, 6.07) is 4.81. The zero-order valence-electron chi connectivity index (χ0n) is 15.4. The van der Waals surface area contributed by atoms with Crippen LogP contribution in [0.25, 0.3) is 0 Å². The number of benzene rings is 1. The summed E-state index contributed by atoms with van der Waals surface area (Å²) in [4.78, 5) is 13.7. The molecule has 1 saturated heterocycles. The molecule has 2 aliphatic heterocycles. The Morgan fingerprint density at radius 3 is 2.70 bits per heavy atom. The summed E-state index contributed by atoms with van der Waals surface area (Å²) in [6.07, 6.45) is 1.91. The number of sulfonamides is 1. The molecule has 0 aromatic heterocycles. The zero-order chi connectivity index (χ0) is 19.3. The van der Waals surface area contributed by atoms with Gasteiger partial charge in [-0.2, -0.15) is 0 Å². The molecule has 0 bridgehead atoms. The largest absolute Gasteiger partial charge is 0.454 e. The number of anilines is 1. The number of hydrogen-bond donors (Lipinski definition) is 2. The number of hydrogen-bond acceptors (Lipinski definition) is 6. The van der Waals surface area contributed by atoms with Gasteiger partial charge in [0.05, 0.1) is 31.7 Å². The number of ether oxygens (including phenoxy) is 3. The minimum Gasteiger partial charge on any atom is -0.454 e. The smallest absolute Gasteiger partial charge is 0.240 e. The number of fused-ring (bicyclic) bond motifs is 1. The monoisotopic (exact) mass is 400 g/mol. The molecule has 0 aliphatic carbocycles. The number of rotatable bonds is 8. The molecule has 0 unspecified atom stereocenters. The SMILES string of the molecule is CS(=O)(=O)N(CC(=O)NCCC[NH+]1CCOCC1)c1ccc2c(c1)OCO2. The lowest BCUT2D eigenvalue weighted by Gasteiger charge is -2.24.